The summed E-state index contributed by atoms with van der Waals surface area (Å²) in [6.07, 6.45) is 7.72. The van der Waals surface area contributed by atoms with Crippen molar-refractivity contribution in [1.82, 2.24) is 25.4 Å². The highest BCUT2D eigenvalue weighted by Crippen LogP contribution is 2.38. The molecule has 1 aliphatic rings. The second kappa shape index (κ2) is 10.2. The van der Waals surface area contributed by atoms with Crippen LogP contribution in [0, 0.1) is 0 Å². The molecule has 1 fully saturated rings. The zero-order valence-electron chi connectivity index (χ0n) is 16.6. The Bertz CT molecular complexity index is 846. The van der Waals surface area contributed by atoms with Crippen molar-refractivity contribution in [2.75, 3.05) is 7.05 Å². The van der Waals surface area contributed by atoms with Gasteiger partial charge in [-0.1, -0.05) is 67.4 Å². The number of allylic oxidation sites excluding steroid dienone is 1. The number of nitrogens with one attached hydrogen (secondary N) is 2. The van der Waals surface area contributed by atoms with E-state index in [-0.39, 0.29) is 0 Å². The summed E-state index contributed by atoms with van der Waals surface area (Å²) in [5, 5.41) is 13.7. The molecule has 0 spiro atoms. The molecule has 1 aromatic heterocycles. The molecule has 1 atom stereocenters. The van der Waals surface area contributed by atoms with Crippen LogP contribution in [0.5, 0.6) is 0 Å². The summed E-state index contributed by atoms with van der Waals surface area (Å²) < 4.78 is 2.05. The first-order chi connectivity index (χ1) is 14.1. The zero-order valence-corrected chi connectivity index (χ0v) is 17.5. The van der Waals surface area contributed by atoms with Crippen LogP contribution in [-0.4, -0.2) is 33.8 Å². The Balaban J connectivity index is 1.90. The van der Waals surface area contributed by atoms with E-state index in [1.54, 1.807) is 0 Å². The maximum atomic E-state index is 12.8. The smallest absolute Gasteiger partial charge is 0.321 e. The van der Waals surface area contributed by atoms with Gasteiger partial charge in [0, 0.05) is 19.5 Å². The molecule has 0 saturated heterocycles. The average molecular weight is 414 g/mol. The van der Waals surface area contributed by atoms with Crippen molar-refractivity contribution in [2.45, 2.75) is 55.0 Å². The predicted octanol–water partition coefficient (Wildman–Crippen LogP) is 3.80. The van der Waals surface area contributed by atoms with E-state index in [1.807, 2.05) is 36.4 Å². The summed E-state index contributed by atoms with van der Waals surface area (Å²) in [6.45, 7) is 4.45. The van der Waals surface area contributed by atoms with Gasteiger partial charge in [-0.15, -0.1) is 16.8 Å². The van der Waals surface area contributed by atoms with Crippen molar-refractivity contribution in [3.8, 4) is 0 Å². The first-order valence-corrected chi connectivity index (χ1v) is 10.8. The number of amides is 3. The Morgan fingerprint density at radius 1 is 1.24 bits per heavy atom. The zero-order chi connectivity index (χ0) is 20.6. The van der Waals surface area contributed by atoms with Crippen LogP contribution < -0.4 is 10.6 Å². The van der Waals surface area contributed by atoms with Gasteiger partial charge < -0.3 is 9.88 Å². The van der Waals surface area contributed by atoms with Crippen LogP contribution in [0.4, 0.5) is 4.79 Å². The normalized spacial score (nSPS) is 15.5. The topological polar surface area (TPSA) is 88.9 Å². The van der Waals surface area contributed by atoms with E-state index < -0.39 is 17.2 Å². The summed E-state index contributed by atoms with van der Waals surface area (Å²) in [6, 6.07) is 8.85. The van der Waals surface area contributed by atoms with Crippen LogP contribution >= 0.6 is 11.8 Å². The molecule has 1 saturated carbocycles. The Morgan fingerprint density at radius 3 is 2.62 bits per heavy atom. The third kappa shape index (κ3) is 5.26. The van der Waals surface area contributed by atoms with E-state index in [0.717, 1.165) is 24.2 Å². The first-order valence-electron chi connectivity index (χ1n) is 9.92. The van der Waals surface area contributed by atoms with Gasteiger partial charge in [0.1, 0.15) is 11.1 Å². The van der Waals surface area contributed by atoms with Crippen molar-refractivity contribution in [2.24, 2.45) is 0 Å². The highest BCUT2D eigenvalue weighted by molar-refractivity contribution is 8.00. The lowest BCUT2D eigenvalue weighted by atomic mass is 9.89. The number of benzene rings is 1. The van der Waals surface area contributed by atoms with Gasteiger partial charge >= 0.3 is 6.03 Å². The second-order valence-electron chi connectivity index (χ2n) is 7.05. The maximum absolute atomic E-state index is 12.8. The molecule has 2 N–H and O–H groups in total. The second-order valence-corrected chi connectivity index (χ2v) is 8.12. The van der Waals surface area contributed by atoms with Gasteiger partial charge in [-0.3, -0.25) is 10.1 Å². The van der Waals surface area contributed by atoms with Crippen molar-refractivity contribution in [1.29, 1.82) is 0 Å². The highest BCUT2D eigenvalue weighted by Gasteiger charge is 2.28. The number of hydrogen-bond donors (Lipinski definition) is 2. The van der Waals surface area contributed by atoms with Gasteiger partial charge in [-0.05, 0) is 18.4 Å². The monoisotopic (exact) mass is 413 g/mol. The minimum atomic E-state index is -0.625. The lowest BCUT2D eigenvalue weighted by Gasteiger charge is -2.22. The Morgan fingerprint density at radius 2 is 1.97 bits per heavy atom. The minimum absolute atomic E-state index is 0.389. The van der Waals surface area contributed by atoms with Gasteiger partial charge in [0.05, 0.1) is 0 Å². The van der Waals surface area contributed by atoms with Crippen molar-refractivity contribution in [3.05, 3.63) is 54.4 Å². The van der Waals surface area contributed by atoms with Crippen LogP contribution in [0.3, 0.4) is 0 Å². The summed E-state index contributed by atoms with van der Waals surface area (Å²) in [5.74, 6) is 0.957. The fourth-order valence-electron chi connectivity index (χ4n) is 3.60. The van der Waals surface area contributed by atoms with Gasteiger partial charge in [0.15, 0.2) is 5.16 Å². The Labute approximate surface area is 175 Å². The van der Waals surface area contributed by atoms with Crippen molar-refractivity contribution < 1.29 is 9.59 Å². The fraction of sp³-hybridized carbons (Fsp3) is 0.429. The number of thioether (sulfide) groups is 1. The SMILES string of the molecule is C=CCn1c(S[C@H](C(=O)NC(=O)NC)c2ccccc2)nnc1C1CCCCC1. The number of aromatic nitrogens is 3. The van der Waals surface area contributed by atoms with Gasteiger partial charge in [-0.2, -0.15) is 0 Å². The molecule has 0 bridgehead atoms. The standard InChI is InChI=1S/C21H27N5O2S/c1-3-14-26-18(16-12-8-5-9-13-16)24-25-21(26)29-17(15-10-6-4-7-11-15)19(27)23-20(28)22-2/h3-4,6-7,10-11,16-17H,1,5,8-9,12-14H2,2H3,(H2,22,23,27,28)/t17-/m0/s1. The van der Waals surface area contributed by atoms with Crippen LogP contribution in [0.1, 0.15) is 54.7 Å². The van der Waals surface area contributed by atoms with Crippen LogP contribution in [0.25, 0.3) is 0 Å². The molecule has 1 heterocycles. The molecule has 1 aromatic carbocycles. The molecule has 2 aromatic rings. The van der Waals surface area contributed by atoms with E-state index in [2.05, 4.69) is 32.0 Å². The molecule has 154 valence electrons. The number of hydrogen-bond acceptors (Lipinski definition) is 5. The molecule has 29 heavy (non-hydrogen) atoms. The van der Waals surface area contributed by atoms with Gasteiger partial charge in [-0.25, -0.2) is 4.79 Å². The number of carbonyl (C=O) groups is 2. The van der Waals surface area contributed by atoms with Gasteiger partial charge in [0.2, 0.25) is 5.91 Å². The molecule has 3 rings (SSSR count). The van der Waals surface area contributed by atoms with E-state index in [1.165, 1.54) is 38.1 Å². The molecule has 8 heteroatoms. The molecule has 0 aliphatic heterocycles. The fourth-order valence-corrected chi connectivity index (χ4v) is 4.65. The van der Waals surface area contributed by atoms with Crippen molar-refractivity contribution >= 4 is 23.7 Å². The average Bonchev–Trinajstić information content (AvgIpc) is 3.15. The number of nitrogens with zero attached hydrogens (tertiary/aromatic N) is 3. The van der Waals surface area contributed by atoms with E-state index in [0.29, 0.717) is 17.6 Å². The molecule has 0 radical (unpaired) electrons. The Kier molecular flexibility index (Phi) is 7.46. The highest BCUT2D eigenvalue weighted by atomic mass is 32.2. The lowest BCUT2D eigenvalue weighted by molar-refractivity contribution is -0.119. The summed E-state index contributed by atoms with van der Waals surface area (Å²) in [7, 11) is 1.48. The minimum Gasteiger partial charge on any atom is -0.341 e. The number of urea groups is 1. The van der Waals surface area contributed by atoms with Gasteiger partial charge in [0.25, 0.3) is 0 Å². The summed E-state index contributed by atoms with van der Waals surface area (Å²) in [5.41, 5.74) is 0.797. The van der Waals surface area contributed by atoms with E-state index in [4.69, 9.17) is 0 Å². The van der Waals surface area contributed by atoms with E-state index in [9.17, 15) is 9.59 Å². The van der Waals surface area contributed by atoms with E-state index >= 15 is 0 Å². The van der Waals surface area contributed by atoms with Crippen LogP contribution in [0.15, 0.2) is 48.1 Å². The number of imide groups is 1. The molecule has 0 unspecified atom stereocenters. The lowest BCUT2D eigenvalue weighted by Crippen LogP contribution is -2.39. The Hall–Kier alpha value is -2.61. The summed E-state index contributed by atoms with van der Waals surface area (Å²) in [4.78, 5) is 24.5. The number of carbonyl (C=O) groups excluding carboxylic acids is 2. The maximum Gasteiger partial charge on any atom is 0.321 e. The molecular weight excluding hydrogens is 386 g/mol. The molecule has 7 nitrogen and oxygen atoms in total. The van der Waals surface area contributed by atoms with Crippen LogP contribution in [-0.2, 0) is 11.3 Å². The number of rotatable bonds is 7. The first kappa shape index (κ1) is 21.1. The third-order valence-electron chi connectivity index (χ3n) is 5.05. The van der Waals surface area contributed by atoms with Crippen molar-refractivity contribution in [3.63, 3.8) is 0 Å². The molecular formula is C21H27N5O2S. The third-order valence-corrected chi connectivity index (χ3v) is 6.29. The molecule has 1 aliphatic carbocycles. The quantitative estimate of drug-likeness (QED) is 0.532. The van der Waals surface area contributed by atoms with Crippen LogP contribution in [0.2, 0.25) is 0 Å². The summed E-state index contributed by atoms with van der Waals surface area (Å²) >= 11 is 1.30. The largest absolute Gasteiger partial charge is 0.341 e. The molecule has 3 amide bonds. The predicted molar refractivity (Wildman–Crippen MR) is 114 cm³/mol.